The molecule has 0 unspecified atom stereocenters. The minimum atomic E-state index is 0.805. The summed E-state index contributed by atoms with van der Waals surface area (Å²) in [4.78, 5) is 1.16. The zero-order valence-electron chi connectivity index (χ0n) is 8.71. The predicted molar refractivity (Wildman–Crippen MR) is 58.7 cm³/mol. The second-order valence-corrected chi connectivity index (χ2v) is 4.23. The summed E-state index contributed by atoms with van der Waals surface area (Å²) < 4.78 is 1.67. The Morgan fingerprint density at radius 1 is 1.27 bits per heavy atom. The number of hydrogen-bond donors (Lipinski definition) is 0. The minimum Gasteiger partial charge on any atom is -0.223 e. The number of tetrazole rings is 1. The predicted octanol–water partition coefficient (Wildman–Crippen LogP) is 1.92. The first-order valence-corrected chi connectivity index (χ1v) is 5.60. The highest BCUT2D eigenvalue weighted by Crippen LogP contribution is 2.24. The SMILES string of the molecule is CCc1ccc(Sc2nnnn2C)cc1. The number of aromatic nitrogens is 4. The van der Waals surface area contributed by atoms with E-state index in [1.807, 2.05) is 7.05 Å². The molecule has 5 heteroatoms. The molecule has 0 fully saturated rings. The summed E-state index contributed by atoms with van der Waals surface area (Å²) in [5, 5.41) is 12.1. The Kier molecular flexibility index (Phi) is 3.01. The molecule has 1 heterocycles. The Morgan fingerprint density at radius 2 is 2.00 bits per heavy atom. The molecule has 0 atom stereocenters. The fourth-order valence-corrected chi connectivity index (χ4v) is 1.94. The Balaban J connectivity index is 2.14. The molecule has 0 aliphatic carbocycles. The summed E-state index contributed by atoms with van der Waals surface area (Å²) in [6.07, 6.45) is 1.07. The maximum absolute atomic E-state index is 3.92. The van der Waals surface area contributed by atoms with Gasteiger partial charge in [-0.2, -0.15) is 0 Å². The van der Waals surface area contributed by atoms with E-state index in [9.17, 15) is 0 Å². The van der Waals surface area contributed by atoms with Crippen LogP contribution in [0.3, 0.4) is 0 Å². The zero-order valence-corrected chi connectivity index (χ0v) is 9.53. The van der Waals surface area contributed by atoms with Gasteiger partial charge in [-0.1, -0.05) is 19.1 Å². The highest BCUT2D eigenvalue weighted by atomic mass is 32.2. The third-order valence-electron chi connectivity index (χ3n) is 2.12. The fourth-order valence-electron chi connectivity index (χ4n) is 1.21. The average molecular weight is 220 g/mol. The molecule has 1 aromatic heterocycles. The first-order chi connectivity index (χ1) is 7.29. The lowest BCUT2D eigenvalue weighted by Gasteiger charge is -2.00. The number of rotatable bonds is 3. The molecule has 1 aromatic carbocycles. The van der Waals surface area contributed by atoms with Gasteiger partial charge in [0.25, 0.3) is 0 Å². The van der Waals surface area contributed by atoms with Gasteiger partial charge in [0.05, 0.1) is 0 Å². The van der Waals surface area contributed by atoms with Gasteiger partial charge < -0.3 is 0 Å². The lowest BCUT2D eigenvalue weighted by atomic mass is 10.2. The number of aryl methyl sites for hydroxylation is 2. The molecule has 2 aromatic rings. The Hall–Kier alpha value is -1.36. The largest absolute Gasteiger partial charge is 0.223 e. The van der Waals surface area contributed by atoms with Crippen LogP contribution >= 0.6 is 11.8 Å². The topological polar surface area (TPSA) is 43.6 Å². The van der Waals surface area contributed by atoms with Gasteiger partial charge in [-0.05, 0) is 46.3 Å². The first kappa shape index (κ1) is 10.2. The molecule has 0 spiro atoms. The molecule has 0 N–H and O–H groups in total. The van der Waals surface area contributed by atoms with Gasteiger partial charge >= 0.3 is 0 Å². The van der Waals surface area contributed by atoms with E-state index in [1.54, 1.807) is 16.4 Å². The Labute approximate surface area is 92.7 Å². The van der Waals surface area contributed by atoms with Gasteiger partial charge in [0, 0.05) is 11.9 Å². The molecule has 2 rings (SSSR count). The van der Waals surface area contributed by atoms with Gasteiger partial charge in [0.15, 0.2) is 0 Å². The second-order valence-electron chi connectivity index (χ2n) is 3.18. The molecule has 0 saturated heterocycles. The summed E-state index contributed by atoms with van der Waals surface area (Å²) in [6, 6.07) is 8.45. The third-order valence-corrected chi connectivity index (χ3v) is 3.16. The van der Waals surface area contributed by atoms with Crippen molar-refractivity contribution in [3.05, 3.63) is 29.8 Å². The molecule has 0 saturated carbocycles. The van der Waals surface area contributed by atoms with Gasteiger partial charge in [-0.15, -0.1) is 5.10 Å². The normalized spacial score (nSPS) is 10.5. The van der Waals surface area contributed by atoms with Crippen molar-refractivity contribution in [1.82, 2.24) is 20.2 Å². The van der Waals surface area contributed by atoms with E-state index < -0.39 is 0 Å². The van der Waals surface area contributed by atoms with Crippen LogP contribution in [0.15, 0.2) is 34.3 Å². The van der Waals surface area contributed by atoms with Crippen molar-refractivity contribution in [2.24, 2.45) is 7.05 Å². The van der Waals surface area contributed by atoms with Crippen molar-refractivity contribution in [1.29, 1.82) is 0 Å². The number of hydrogen-bond acceptors (Lipinski definition) is 4. The van der Waals surface area contributed by atoms with E-state index in [0.29, 0.717) is 0 Å². The van der Waals surface area contributed by atoms with Crippen molar-refractivity contribution in [2.45, 2.75) is 23.4 Å². The van der Waals surface area contributed by atoms with E-state index in [0.717, 1.165) is 16.5 Å². The quantitative estimate of drug-likeness (QED) is 0.792. The molecule has 0 aliphatic rings. The maximum Gasteiger partial charge on any atom is 0.213 e. The van der Waals surface area contributed by atoms with Crippen LogP contribution in [0.2, 0.25) is 0 Å². The van der Waals surface area contributed by atoms with Crippen LogP contribution < -0.4 is 0 Å². The van der Waals surface area contributed by atoms with E-state index in [1.165, 1.54) is 5.56 Å². The third kappa shape index (κ3) is 2.36. The van der Waals surface area contributed by atoms with Crippen molar-refractivity contribution < 1.29 is 0 Å². The molecular weight excluding hydrogens is 208 g/mol. The van der Waals surface area contributed by atoms with Gasteiger partial charge in [-0.25, -0.2) is 4.68 Å². The van der Waals surface area contributed by atoms with Crippen molar-refractivity contribution >= 4 is 11.8 Å². The van der Waals surface area contributed by atoms with Crippen LogP contribution in [-0.4, -0.2) is 20.2 Å². The summed E-state index contributed by atoms with van der Waals surface area (Å²) in [5.74, 6) is 0. The fraction of sp³-hybridized carbons (Fsp3) is 0.300. The highest BCUT2D eigenvalue weighted by molar-refractivity contribution is 7.99. The van der Waals surface area contributed by atoms with Crippen LogP contribution in [0.4, 0.5) is 0 Å². The molecule has 0 amide bonds. The molecule has 0 aliphatic heterocycles. The minimum absolute atomic E-state index is 0.805. The van der Waals surface area contributed by atoms with E-state index in [4.69, 9.17) is 0 Å². The molecule has 0 bridgehead atoms. The Morgan fingerprint density at radius 3 is 2.53 bits per heavy atom. The Bertz CT molecular complexity index is 435. The lowest BCUT2D eigenvalue weighted by molar-refractivity contribution is 0.664. The molecule has 78 valence electrons. The van der Waals surface area contributed by atoms with Gasteiger partial charge in [-0.3, -0.25) is 0 Å². The van der Waals surface area contributed by atoms with Crippen molar-refractivity contribution in [3.63, 3.8) is 0 Å². The first-order valence-electron chi connectivity index (χ1n) is 4.78. The molecule has 15 heavy (non-hydrogen) atoms. The summed E-state index contributed by atoms with van der Waals surface area (Å²) in [6.45, 7) is 2.15. The standard InChI is InChI=1S/C10H12N4S/c1-3-8-4-6-9(7-5-8)15-10-11-12-13-14(10)2/h4-7H,3H2,1-2H3. The van der Waals surface area contributed by atoms with E-state index >= 15 is 0 Å². The number of benzene rings is 1. The monoisotopic (exact) mass is 220 g/mol. The van der Waals surface area contributed by atoms with Crippen LogP contribution in [0.5, 0.6) is 0 Å². The van der Waals surface area contributed by atoms with Crippen LogP contribution in [0, 0.1) is 0 Å². The van der Waals surface area contributed by atoms with Crippen molar-refractivity contribution in [3.8, 4) is 0 Å². The summed E-state index contributed by atoms with van der Waals surface area (Å²) in [5.41, 5.74) is 1.34. The van der Waals surface area contributed by atoms with Gasteiger partial charge in [0.2, 0.25) is 5.16 Å². The molecule has 4 nitrogen and oxygen atoms in total. The number of nitrogens with zero attached hydrogens (tertiary/aromatic N) is 4. The maximum atomic E-state index is 3.92. The van der Waals surface area contributed by atoms with E-state index in [-0.39, 0.29) is 0 Å². The summed E-state index contributed by atoms with van der Waals surface area (Å²) in [7, 11) is 1.84. The second kappa shape index (κ2) is 4.44. The van der Waals surface area contributed by atoms with Crippen LogP contribution in [0.25, 0.3) is 0 Å². The summed E-state index contributed by atoms with van der Waals surface area (Å²) >= 11 is 1.57. The van der Waals surface area contributed by atoms with Gasteiger partial charge in [0.1, 0.15) is 0 Å². The smallest absolute Gasteiger partial charge is 0.213 e. The van der Waals surface area contributed by atoms with E-state index in [2.05, 4.69) is 46.7 Å². The van der Waals surface area contributed by atoms with Crippen LogP contribution in [0.1, 0.15) is 12.5 Å². The van der Waals surface area contributed by atoms with Crippen molar-refractivity contribution in [2.75, 3.05) is 0 Å². The highest BCUT2D eigenvalue weighted by Gasteiger charge is 2.03. The van der Waals surface area contributed by atoms with Crippen LogP contribution in [-0.2, 0) is 13.5 Å². The average Bonchev–Trinajstić information content (AvgIpc) is 2.66. The zero-order chi connectivity index (χ0) is 10.7. The lowest BCUT2D eigenvalue weighted by Crippen LogP contribution is -1.92. The molecule has 0 radical (unpaired) electrons. The molecular formula is C10H12N4S.